The van der Waals surface area contributed by atoms with Crippen LogP contribution in [0.2, 0.25) is 0 Å². The topological polar surface area (TPSA) is 49.0 Å². The van der Waals surface area contributed by atoms with Crippen molar-refractivity contribution in [3.63, 3.8) is 0 Å². The Bertz CT molecular complexity index is 718. The number of nitrogens with zero attached hydrogens (tertiary/aromatic N) is 2. The van der Waals surface area contributed by atoms with E-state index in [0.717, 1.165) is 30.2 Å². The van der Waals surface area contributed by atoms with Crippen molar-refractivity contribution < 1.29 is 0 Å². The van der Waals surface area contributed by atoms with Crippen LogP contribution in [0.1, 0.15) is 50.4 Å². The van der Waals surface area contributed by atoms with Gasteiger partial charge in [-0.2, -0.15) is 0 Å². The van der Waals surface area contributed by atoms with Gasteiger partial charge in [-0.25, -0.2) is 4.98 Å². The molecule has 0 spiro atoms. The van der Waals surface area contributed by atoms with Crippen LogP contribution in [0.25, 0.3) is 10.9 Å². The van der Waals surface area contributed by atoms with E-state index in [-0.39, 0.29) is 11.6 Å². The van der Waals surface area contributed by atoms with Crippen molar-refractivity contribution in [3.05, 3.63) is 40.4 Å². The second-order valence-corrected chi connectivity index (χ2v) is 6.77. The zero-order chi connectivity index (χ0) is 14.9. The van der Waals surface area contributed by atoms with Gasteiger partial charge in [-0.15, -0.1) is 0 Å². The predicted molar refractivity (Wildman–Crippen MR) is 87.9 cm³/mol. The molecular formula is C18H23N3O. The van der Waals surface area contributed by atoms with Gasteiger partial charge in [0, 0.05) is 6.54 Å². The highest BCUT2D eigenvalue weighted by atomic mass is 16.1. The molecule has 2 heterocycles. The Labute approximate surface area is 130 Å². The molecule has 4 heteroatoms. The van der Waals surface area contributed by atoms with Gasteiger partial charge in [-0.1, -0.05) is 25.0 Å². The molecule has 1 aromatic carbocycles. The molecule has 2 aromatic rings. The summed E-state index contributed by atoms with van der Waals surface area (Å²) in [5, 5.41) is 0.687. The van der Waals surface area contributed by atoms with Crippen LogP contribution in [-0.2, 0) is 0 Å². The minimum atomic E-state index is -0.00619. The standard InChI is InChI=1S/C18H23N3O/c22-18-14-8-3-4-9-15(14)19-17(20-18)16-10-5-11-21(16)12-13-6-1-2-7-13/h3-4,8-9,13,16H,1-2,5-7,10-12H2,(H,19,20,22). The molecule has 4 nitrogen and oxygen atoms in total. The number of nitrogens with one attached hydrogen (secondary N) is 1. The summed E-state index contributed by atoms with van der Waals surface area (Å²) < 4.78 is 0. The van der Waals surface area contributed by atoms with Crippen molar-refractivity contribution >= 4 is 10.9 Å². The van der Waals surface area contributed by atoms with E-state index in [4.69, 9.17) is 4.98 Å². The molecule has 0 bridgehead atoms. The van der Waals surface area contributed by atoms with E-state index >= 15 is 0 Å². The molecule has 116 valence electrons. The number of aromatic nitrogens is 2. The molecule has 1 N–H and O–H groups in total. The second-order valence-electron chi connectivity index (χ2n) is 6.77. The number of fused-ring (bicyclic) bond motifs is 1. The van der Waals surface area contributed by atoms with E-state index in [1.807, 2.05) is 24.3 Å². The van der Waals surface area contributed by atoms with Crippen molar-refractivity contribution in [2.75, 3.05) is 13.1 Å². The van der Waals surface area contributed by atoms with Crippen LogP contribution in [0.4, 0.5) is 0 Å². The maximum Gasteiger partial charge on any atom is 0.258 e. The van der Waals surface area contributed by atoms with Gasteiger partial charge < -0.3 is 4.98 Å². The highest BCUT2D eigenvalue weighted by Crippen LogP contribution is 2.34. The Balaban J connectivity index is 1.63. The molecular weight excluding hydrogens is 274 g/mol. The van der Waals surface area contributed by atoms with Gasteiger partial charge in [0.15, 0.2) is 0 Å². The Morgan fingerprint density at radius 3 is 2.82 bits per heavy atom. The summed E-state index contributed by atoms with van der Waals surface area (Å²) in [6.45, 7) is 2.30. The van der Waals surface area contributed by atoms with Gasteiger partial charge in [0.25, 0.3) is 5.56 Å². The van der Waals surface area contributed by atoms with E-state index in [2.05, 4.69) is 9.88 Å². The maximum atomic E-state index is 12.3. The molecule has 1 aliphatic carbocycles. The van der Waals surface area contributed by atoms with Gasteiger partial charge in [-0.3, -0.25) is 9.69 Å². The molecule has 0 amide bonds. The van der Waals surface area contributed by atoms with Crippen LogP contribution in [0.5, 0.6) is 0 Å². The van der Waals surface area contributed by atoms with Gasteiger partial charge in [-0.05, 0) is 50.3 Å². The zero-order valence-electron chi connectivity index (χ0n) is 12.9. The Kier molecular flexibility index (Phi) is 3.70. The smallest absolute Gasteiger partial charge is 0.258 e. The van der Waals surface area contributed by atoms with Crippen LogP contribution >= 0.6 is 0 Å². The molecule has 1 saturated heterocycles. The zero-order valence-corrected chi connectivity index (χ0v) is 12.9. The fourth-order valence-electron chi connectivity index (χ4n) is 4.14. The SMILES string of the molecule is O=c1[nH]c(C2CCCN2CC2CCCC2)nc2ccccc12. The lowest BCUT2D eigenvalue weighted by Crippen LogP contribution is -2.30. The summed E-state index contributed by atoms with van der Waals surface area (Å²) in [5.41, 5.74) is 0.808. The number of hydrogen-bond acceptors (Lipinski definition) is 3. The highest BCUT2D eigenvalue weighted by Gasteiger charge is 2.30. The van der Waals surface area contributed by atoms with E-state index in [9.17, 15) is 4.79 Å². The van der Waals surface area contributed by atoms with Gasteiger partial charge in [0.1, 0.15) is 5.82 Å². The summed E-state index contributed by atoms with van der Waals surface area (Å²) in [7, 11) is 0. The van der Waals surface area contributed by atoms with Crippen LogP contribution in [0, 0.1) is 5.92 Å². The predicted octanol–water partition coefficient (Wildman–Crippen LogP) is 3.25. The lowest BCUT2D eigenvalue weighted by Gasteiger charge is -2.26. The number of para-hydroxylation sites is 1. The van der Waals surface area contributed by atoms with Crippen molar-refractivity contribution in [1.29, 1.82) is 0 Å². The first-order chi connectivity index (χ1) is 10.8. The van der Waals surface area contributed by atoms with Gasteiger partial charge in [0.05, 0.1) is 16.9 Å². The first-order valence-corrected chi connectivity index (χ1v) is 8.54. The van der Waals surface area contributed by atoms with Crippen molar-refractivity contribution in [2.24, 2.45) is 5.92 Å². The third-order valence-electron chi connectivity index (χ3n) is 5.28. The van der Waals surface area contributed by atoms with E-state index in [1.54, 1.807) is 0 Å². The first kappa shape index (κ1) is 13.9. The fourth-order valence-corrected chi connectivity index (χ4v) is 4.14. The largest absolute Gasteiger partial charge is 0.309 e. The second kappa shape index (κ2) is 5.84. The monoisotopic (exact) mass is 297 g/mol. The molecule has 4 rings (SSSR count). The maximum absolute atomic E-state index is 12.3. The molecule has 1 atom stereocenters. The molecule has 2 fully saturated rings. The quantitative estimate of drug-likeness (QED) is 0.946. The summed E-state index contributed by atoms with van der Waals surface area (Å²) >= 11 is 0. The highest BCUT2D eigenvalue weighted by molar-refractivity contribution is 5.77. The van der Waals surface area contributed by atoms with Crippen molar-refractivity contribution in [1.82, 2.24) is 14.9 Å². The van der Waals surface area contributed by atoms with Crippen LogP contribution in [-0.4, -0.2) is 28.0 Å². The summed E-state index contributed by atoms with van der Waals surface area (Å²) in [5.74, 6) is 1.70. The van der Waals surface area contributed by atoms with E-state index < -0.39 is 0 Å². The molecule has 1 aliphatic heterocycles. The number of likely N-dealkylation sites (tertiary alicyclic amines) is 1. The van der Waals surface area contributed by atoms with Crippen LogP contribution < -0.4 is 5.56 Å². The lowest BCUT2D eigenvalue weighted by molar-refractivity contribution is 0.210. The normalized spacial score (nSPS) is 23.5. The van der Waals surface area contributed by atoms with Crippen molar-refractivity contribution in [3.8, 4) is 0 Å². The average Bonchev–Trinajstić information content (AvgIpc) is 3.19. The number of benzene rings is 1. The third-order valence-corrected chi connectivity index (χ3v) is 5.28. The Morgan fingerprint density at radius 2 is 1.95 bits per heavy atom. The molecule has 22 heavy (non-hydrogen) atoms. The minimum absolute atomic E-state index is 0.00619. The molecule has 1 saturated carbocycles. The lowest BCUT2D eigenvalue weighted by atomic mass is 10.1. The Hall–Kier alpha value is -1.68. The third kappa shape index (κ3) is 2.56. The summed E-state index contributed by atoms with van der Waals surface area (Å²) in [6, 6.07) is 7.91. The fraction of sp³-hybridized carbons (Fsp3) is 0.556. The minimum Gasteiger partial charge on any atom is -0.309 e. The van der Waals surface area contributed by atoms with Gasteiger partial charge in [0.2, 0.25) is 0 Å². The van der Waals surface area contributed by atoms with Crippen molar-refractivity contribution in [2.45, 2.75) is 44.6 Å². The summed E-state index contributed by atoms with van der Waals surface area (Å²) in [6.07, 6.45) is 7.81. The number of aromatic amines is 1. The number of hydrogen-bond donors (Lipinski definition) is 1. The van der Waals surface area contributed by atoms with Gasteiger partial charge >= 0.3 is 0 Å². The molecule has 1 aromatic heterocycles. The Morgan fingerprint density at radius 1 is 1.14 bits per heavy atom. The molecule has 2 aliphatic rings. The number of rotatable bonds is 3. The van der Waals surface area contributed by atoms with Crippen LogP contribution in [0.15, 0.2) is 29.1 Å². The molecule has 0 radical (unpaired) electrons. The average molecular weight is 297 g/mol. The van der Waals surface area contributed by atoms with Crippen LogP contribution in [0.3, 0.4) is 0 Å². The summed E-state index contributed by atoms with van der Waals surface area (Å²) in [4.78, 5) is 22.6. The van der Waals surface area contributed by atoms with E-state index in [1.165, 1.54) is 38.6 Å². The number of H-pyrrole nitrogens is 1. The van der Waals surface area contributed by atoms with E-state index in [0.29, 0.717) is 5.39 Å². The molecule has 1 unspecified atom stereocenters. The first-order valence-electron chi connectivity index (χ1n) is 8.54.